The number of imidazole rings is 1. The highest BCUT2D eigenvalue weighted by Gasteiger charge is 2.47. The lowest BCUT2D eigenvalue weighted by Gasteiger charge is -2.17. The zero-order valence-corrected chi connectivity index (χ0v) is 20.1. The van der Waals surface area contributed by atoms with E-state index in [0.717, 1.165) is 22.5 Å². The Hall–Kier alpha value is -3.93. The van der Waals surface area contributed by atoms with E-state index in [1.165, 1.54) is 17.9 Å². The smallest absolute Gasteiger partial charge is 0.251 e. The van der Waals surface area contributed by atoms with E-state index in [1.807, 2.05) is 56.3 Å². The van der Waals surface area contributed by atoms with Gasteiger partial charge in [0.2, 0.25) is 0 Å². The fraction of sp³-hybridized carbons (Fsp3) is 0.320. The Morgan fingerprint density at radius 1 is 1.06 bits per heavy atom. The van der Waals surface area contributed by atoms with Crippen molar-refractivity contribution in [3.05, 3.63) is 65.7 Å². The monoisotopic (exact) mass is 489 g/mol. The molecule has 1 amide bonds. The Bertz CT molecular complexity index is 1410. The van der Waals surface area contributed by atoms with Gasteiger partial charge in [-0.1, -0.05) is 30.3 Å². The van der Waals surface area contributed by atoms with Crippen LogP contribution in [0.15, 0.2) is 48.8 Å². The number of benzene rings is 1. The number of likely N-dealkylation sites (N-methyl/N-ethyl adjacent to an activating group) is 1. The number of amides is 1. The van der Waals surface area contributed by atoms with E-state index in [4.69, 9.17) is 14.7 Å². The third-order valence-electron chi connectivity index (χ3n) is 6.21. The van der Waals surface area contributed by atoms with Crippen molar-refractivity contribution in [3.63, 3.8) is 0 Å². The Morgan fingerprint density at radius 3 is 2.56 bits per heavy atom. The topological polar surface area (TPSA) is 147 Å². The molecule has 1 fully saturated rings. The molecule has 4 heterocycles. The highest BCUT2D eigenvalue weighted by atomic mass is 16.6. The van der Waals surface area contributed by atoms with Crippen LogP contribution in [0.5, 0.6) is 0 Å². The lowest BCUT2D eigenvalue weighted by Crippen LogP contribution is -2.41. The maximum absolute atomic E-state index is 12.2. The summed E-state index contributed by atoms with van der Waals surface area (Å²) in [5.41, 5.74) is 4.28. The molecule has 4 unspecified atom stereocenters. The summed E-state index contributed by atoms with van der Waals surface area (Å²) in [6, 6.07) is 13.7. The Morgan fingerprint density at radius 2 is 1.83 bits per heavy atom. The summed E-state index contributed by atoms with van der Waals surface area (Å²) < 4.78 is 7.28. The predicted octanol–water partition coefficient (Wildman–Crippen LogP) is 1.48. The Balaban J connectivity index is 1.60. The van der Waals surface area contributed by atoms with Crippen LogP contribution in [0.25, 0.3) is 22.6 Å². The predicted molar refractivity (Wildman–Crippen MR) is 132 cm³/mol. The number of hydrogen-bond donors (Lipinski definition) is 4. The van der Waals surface area contributed by atoms with E-state index in [2.05, 4.69) is 20.6 Å². The van der Waals surface area contributed by atoms with Gasteiger partial charge in [0.25, 0.3) is 5.91 Å². The molecule has 1 saturated heterocycles. The summed E-state index contributed by atoms with van der Waals surface area (Å²) in [7, 11) is 1.44. The summed E-state index contributed by atoms with van der Waals surface area (Å²) in [5.74, 6) is 0.379. The number of rotatable bonds is 6. The number of aliphatic hydroxyl groups is 2. The summed E-state index contributed by atoms with van der Waals surface area (Å²) in [6.07, 6.45) is -3.62. The van der Waals surface area contributed by atoms with Gasteiger partial charge in [0, 0.05) is 30.5 Å². The van der Waals surface area contributed by atoms with Crippen LogP contribution in [0.1, 0.15) is 23.2 Å². The average molecular weight is 490 g/mol. The van der Waals surface area contributed by atoms with Crippen molar-refractivity contribution in [1.82, 2.24) is 29.8 Å². The minimum atomic E-state index is -1.41. The standard InChI is InChI=1S/C25H27N7O4/c1-13-9-10-16(14(2)29-13)21-30-22(27-11-15-7-5-4-6-8-15)17-23(31-21)32(12-28-17)25-19(34)18(33)20(36-25)24(35)26-3/h4-10,12,18-20,25,33-34H,11H2,1-3H3,(H,26,35)(H,27,30,31). The Labute approximate surface area is 207 Å². The number of carbonyl (C=O) groups is 1. The molecule has 0 saturated carbocycles. The largest absolute Gasteiger partial charge is 0.387 e. The first-order valence-corrected chi connectivity index (χ1v) is 11.6. The van der Waals surface area contributed by atoms with E-state index in [-0.39, 0.29) is 0 Å². The van der Waals surface area contributed by atoms with E-state index in [1.54, 1.807) is 0 Å². The maximum Gasteiger partial charge on any atom is 0.251 e. The summed E-state index contributed by atoms with van der Waals surface area (Å²) in [6.45, 7) is 4.30. The van der Waals surface area contributed by atoms with Crippen LogP contribution < -0.4 is 10.6 Å². The van der Waals surface area contributed by atoms with E-state index < -0.39 is 30.4 Å². The number of carbonyl (C=O) groups excluding carboxylic acids is 1. The van der Waals surface area contributed by atoms with Crippen molar-refractivity contribution in [3.8, 4) is 11.4 Å². The second-order valence-corrected chi connectivity index (χ2v) is 8.69. The van der Waals surface area contributed by atoms with Gasteiger partial charge in [-0.15, -0.1) is 0 Å². The van der Waals surface area contributed by atoms with Gasteiger partial charge in [0.15, 0.2) is 35.1 Å². The molecule has 0 aliphatic carbocycles. The molecule has 11 heteroatoms. The quantitative estimate of drug-likeness (QED) is 0.316. The molecule has 1 aromatic carbocycles. The molecule has 0 spiro atoms. The second kappa shape index (κ2) is 9.61. The lowest BCUT2D eigenvalue weighted by molar-refractivity contribution is -0.137. The van der Waals surface area contributed by atoms with Crippen LogP contribution in [0.2, 0.25) is 0 Å². The molecule has 1 aliphatic rings. The van der Waals surface area contributed by atoms with Gasteiger partial charge >= 0.3 is 0 Å². The number of nitrogens with one attached hydrogen (secondary N) is 2. The summed E-state index contributed by atoms with van der Waals surface area (Å²) in [5, 5.41) is 26.9. The highest BCUT2D eigenvalue weighted by molar-refractivity contribution is 5.85. The first-order chi connectivity index (χ1) is 17.4. The fourth-order valence-electron chi connectivity index (χ4n) is 4.30. The molecule has 4 aromatic rings. The van der Waals surface area contributed by atoms with Gasteiger partial charge in [-0.3, -0.25) is 14.3 Å². The minimum absolute atomic E-state index is 0.379. The van der Waals surface area contributed by atoms with Gasteiger partial charge in [-0.05, 0) is 31.5 Å². The molecule has 4 atom stereocenters. The van der Waals surface area contributed by atoms with Gasteiger partial charge in [-0.2, -0.15) is 0 Å². The number of ether oxygens (including phenoxy) is 1. The third-order valence-corrected chi connectivity index (χ3v) is 6.21. The Kier molecular flexibility index (Phi) is 6.35. The van der Waals surface area contributed by atoms with Crippen LogP contribution in [0.3, 0.4) is 0 Å². The molecule has 186 valence electrons. The molecule has 4 N–H and O–H groups in total. The molecule has 0 bridgehead atoms. The van der Waals surface area contributed by atoms with Crippen molar-refractivity contribution in [2.75, 3.05) is 12.4 Å². The maximum atomic E-state index is 12.2. The molecule has 3 aromatic heterocycles. The first-order valence-electron chi connectivity index (χ1n) is 11.6. The van der Waals surface area contributed by atoms with Crippen molar-refractivity contribution < 1.29 is 19.7 Å². The molecule has 5 rings (SSSR count). The van der Waals surface area contributed by atoms with Gasteiger partial charge in [0.1, 0.15) is 12.2 Å². The molecule has 0 radical (unpaired) electrons. The summed E-state index contributed by atoms with van der Waals surface area (Å²) >= 11 is 0. The third kappa shape index (κ3) is 4.28. The number of fused-ring (bicyclic) bond motifs is 1. The normalized spacial score (nSPS) is 21.6. The van der Waals surface area contributed by atoms with E-state index in [0.29, 0.717) is 29.4 Å². The van der Waals surface area contributed by atoms with Gasteiger partial charge in [-0.25, -0.2) is 15.0 Å². The second-order valence-electron chi connectivity index (χ2n) is 8.69. The average Bonchev–Trinajstić information content (AvgIpc) is 3.43. The van der Waals surface area contributed by atoms with Crippen LogP contribution in [0.4, 0.5) is 5.82 Å². The highest BCUT2D eigenvalue weighted by Crippen LogP contribution is 2.34. The fourth-order valence-corrected chi connectivity index (χ4v) is 4.30. The molecule has 36 heavy (non-hydrogen) atoms. The van der Waals surface area contributed by atoms with Crippen LogP contribution >= 0.6 is 0 Å². The number of aryl methyl sites for hydroxylation is 2. The number of anilines is 1. The molecule has 11 nitrogen and oxygen atoms in total. The van der Waals surface area contributed by atoms with E-state index in [9.17, 15) is 15.0 Å². The molecular formula is C25H27N7O4. The van der Waals surface area contributed by atoms with E-state index >= 15 is 0 Å². The number of hydrogen-bond acceptors (Lipinski definition) is 9. The minimum Gasteiger partial charge on any atom is -0.387 e. The molecular weight excluding hydrogens is 462 g/mol. The SMILES string of the molecule is CNC(=O)C1OC(n2cnc3c(NCc4ccccc4)nc(-c4ccc(C)nc4C)nc32)C(O)C1O. The number of aliphatic hydroxyl groups excluding tert-OH is 2. The van der Waals surface area contributed by atoms with Crippen molar-refractivity contribution in [1.29, 1.82) is 0 Å². The first kappa shape index (κ1) is 23.8. The van der Waals surface area contributed by atoms with Crippen LogP contribution in [-0.2, 0) is 16.1 Å². The van der Waals surface area contributed by atoms with Crippen molar-refractivity contribution >= 4 is 22.9 Å². The lowest BCUT2D eigenvalue weighted by atomic mass is 10.1. The summed E-state index contributed by atoms with van der Waals surface area (Å²) in [4.78, 5) is 30.7. The van der Waals surface area contributed by atoms with Crippen molar-refractivity contribution in [2.45, 2.75) is 44.9 Å². The van der Waals surface area contributed by atoms with Gasteiger partial charge in [0.05, 0.1) is 6.33 Å². The zero-order valence-electron chi connectivity index (χ0n) is 20.1. The zero-order chi connectivity index (χ0) is 25.4. The van der Waals surface area contributed by atoms with Crippen molar-refractivity contribution in [2.24, 2.45) is 0 Å². The molecule has 1 aliphatic heterocycles. The van der Waals surface area contributed by atoms with Gasteiger partial charge < -0.3 is 25.6 Å². The number of nitrogens with zero attached hydrogens (tertiary/aromatic N) is 5. The van der Waals surface area contributed by atoms with Crippen LogP contribution in [0, 0.1) is 13.8 Å². The number of pyridine rings is 1. The number of aromatic nitrogens is 5. The van der Waals surface area contributed by atoms with Crippen LogP contribution in [-0.4, -0.2) is 66.0 Å².